The number of hydrogen-bond donors (Lipinski definition) is 1. The lowest BCUT2D eigenvalue weighted by Crippen LogP contribution is -2.15. The highest BCUT2D eigenvalue weighted by Crippen LogP contribution is 2.28. The van der Waals surface area contributed by atoms with Gasteiger partial charge in [-0.05, 0) is 43.2 Å². The van der Waals surface area contributed by atoms with Gasteiger partial charge in [-0.1, -0.05) is 6.42 Å². The zero-order valence-corrected chi connectivity index (χ0v) is 12.5. The van der Waals surface area contributed by atoms with Crippen LogP contribution in [0.15, 0.2) is 12.4 Å². The van der Waals surface area contributed by atoms with Crippen LogP contribution in [-0.4, -0.2) is 19.3 Å². The van der Waals surface area contributed by atoms with Crippen molar-refractivity contribution in [1.82, 2.24) is 19.3 Å². The van der Waals surface area contributed by atoms with Crippen molar-refractivity contribution in [2.75, 3.05) is 0 Å². The van der Waals surface area contributed by atoms with E-state index < -0.39 is 0 Å². The van der Waals surface area contributed by atoms with Crippen molar-refractivity contribution < 1.29 is 0 Å². The highest BCUT2D eigenvalue weighted by molar-refractivity contribution is 5.29. The van der Waals surface area contributed by atoms with E-state index in [4.69, 9.17) is 5.73 Å². The number of aromatic nitrogens is 4. The van der Waals surface area contributed by atoms with E-state index in [1.54, 1.807) is 0 Å². The summed E-state index contributed by atoms with van der Waals surface area (Å²) in [4.78, 5) is 0. The Morgan fingerprint density at radius 2 is 2.00 bits per heavy atom. The van der Waals surface area contributed by atoms with Crippen molar-refractivity contribution in [1.29, 1.82) is 0 Å². The van der Waals surface area contributed by atoms with Crippen LogP contribution in [0.3, 0.4) is 0 Å². The van der Waals surface area contributed by atoms with Gasteiger partial charge in [-0.25, -0.2) is 0 Å². The number of aryl methyl sites for hydroxylation is 2. The maximum Gasteiger partial charge on any atom is 0.152 e. The lowest BCUT2D eigenvalue weighted by atomic mass is 10.1. The SMILES string of the molecule is NC1CCCCc2cn(Cc3nnc4n3CCCC4)cc21. The molecule has 1 aliphatic carbocycles. The molecule has 0 bridgehead atoms. The highest BCUT2D eigenvalue weighted by Gasteiger charge is 2.19. The van der Waals surface area contributed by atoms with Crippen molar-refractivity contribution in [3.8, 4) is 0 Å². The van der Waals surface area contributed by atoms with Crippen LogP contribution in [-0.2, 0) is 25.9 Å². The standard InChI is InChI=1S/C16H23N5/c17-14-6-2-1-5-12-9-20(10-13(12)14)11-16-19-18-15-7-3-4-8-21(15)16/h9-10,14H,1-8,11,17H2. The minimum atomic E-state index is 0.205. The summed E-state index contributed by atoms with van der Waals surface area (Å²) >= 11 is 0. The molecule has 0 aromatic carbocycles. The first-order valence-electron chi connectivity index (χ1n) is 8.16. The molecular formula is C16H23N5. The number of rotatable bonds is 2. The molecule has 0 saturated heterocycles. The largest absolute Gasteiger partial charge is 0.346 e. The van der Waals surface area contributed by atoms with Gasteiger partial charge < -0.3 is 14.9 Å². The van der Waals surface area contributed by atoms with Crippen LogP contribution < -0.4 is 5.73 Å². The highest BCUT2D eigenvalue weighted by atomic mass is 15.3. The second kappa shape index (κ2) is 5.30. The Morgan fingerprint density at radius 1 is 1.10 bits per heavy atom. The third-order valence-corrected chi connectivity index (χ3v) is 4.87. The van der Waals surface area contributed by atoms with E-state index in [2.05, 4.69) is 31.7 Å². The van der Waals surface area contributed by atoms with Gasteiger partial charge in [0.1, 0.15) is 5.82 Å². The molecule has 2 aromatic heterocycles. The van der Waals surface area contributed by atoms with Crippen LogP contribution in [0.5, 0.6) is 0 Å². The fourth-order valence-corrected chi connectivity index (χ4v) is 3.69. The van der Waals surface area contributed by atoms with Crippen LogP contribution in [0, 0.1) is 0 Å². The van der Waals surface area contributed by atoms with Crippen molar-refractivity contribution in [2.45, 2.75) is 64.1 Å². The van der Waals surface area contributed by atoms with Gasteiger partial charge in [0.05, 0.1) is 6.54 Å². The Kier molecular flexibility index (Phi) is 3.30. The Balaban J connectivity index is 1.60. The lowest BCUT2D eigenvalue weighted by molar-refractivity contribution is 0.501. The molecule has 1 aliphatic heterocycles. The van der Waals surface area contributed by atoms with Gasteiger partial charge in [0, 0.05) is 31.4 Å². The van der Waals surface area contributed by atoms with Gasteiger partial charge in [0.15, 0.2) is 5.82 Å². The van der Waals surface area contributed by atoms with Gasteiger partial charge in [0.2, 0.25) is 0 Å². The topological polar surface area (TPSA) is 61.7 Å². The maximum absolute atomic E-state index is 6.30. The van der Waals surface area contributed by atoms with Crippen molar-refractivity contribution in [2.24, 2.45) is 5.73 Å². The number of fused-ring (bicyclic) bond motifs is 2. The first kappa shape index (κ1) is 13.1. The Labute approximate surface area is 125 Å². The molecule has 0 spiro atoms. The van der Waals surface area contributed by atoms with Crippen LogP contribution in [0.1, 0.15) is 60.9 Å². The first-order valence-corrected chi connectivity index (χ1v) is 8.16. The summed E-state index contributed by atoms with van der Waals surface area (Å²) in [6, 6.07) is 0.205. The van der Waals surface area contributed by atoms with E-state index in [9.17, 15) is 0 Å². The molecule has 5 heteroatoms. The third-order valence-electron chi connectivity index (χ3n) is 4.87. The minimum absolute atomic E-state index is 0.205. The normalized spacial score (nSPS) is 21.7. The van der Waals surface area contributed by atoms with Gasteiger partial charge >= 0.3 is 0 Å². The van der Waals surface area contributed by atoms with Gasteiger partial charge in [-0.2, -0.15) is 0 Å². The quantitative estimate of drug-likeness (QED) is 0.860. The fraction of sp³-hybridized carbons (Fsp3) is 0.625. The number of hydrogen-bond acceptors (Lipinski definition) is 3. The minimum Gasteiger partial charge on any atom is -0.346 e. The van der Waals surface area contributed by atoms with E-state index in [-0.39, 0.29) is 6.04 Å². The second-order valence-corrected chi connectivity index (χ2v) is 6.40. The van der Waals surface area contributed by atoms with Crippen molar-refractivity contribution in [3.05, 3.63) is 35.2 Å². The van der Waals surface area contributed by atoms with Crippen LogP contribution in [0.4, 0.5) is 0 Å². The monoisotopic (exact) mass is 285 g/mol. The predicted molar refractivity (Wildman–Crippen MR) is 81.0 cm³/mol. The summed E-state index contributed by atoms with van der Waals surface area (Å²) in [6.07, 6.45) is 12.8. The number of nitrogens with two attached hydrogens (primary N) is 1. The summed E-state index contributed by atoms with van der Waals surface area (Å²) in [7, 11) is 0. The average molecular weight is 285 g/mol. The Morgan fingerprint density at radius 3 is 2.95 bits per heavy atom. The molecule has 0 radical (unpaired) electrons. The molecule has 21 heavy (non-hydrogen) atoms. The zero-order chi connectivity index (χ0) is 14.2. The summed E-state index contributed by atoms with van der Waals surface area (Å²) < 4.78 is 4.55. The Bertz CT molecular complexity index is 639. The lowest BCUT2D eigenvalue weighted by Gasteiger charge is -2.15. The van der Waals surface area contributed by atoms with Crippen molar-refractivity contribution >= 4 is 0 Å². The first-order chi connectivity index (χ1) is 10.3. The summed E-state index contributed by atoms with van der Waals surface area (Å²) in [5.41, 5.74) is 9.07. The predicted octanol–water partition coefficient (Wildman–Crippen LogP) is 2.19. The molecular weight excluding hydrogens is 262 g/mol. The maximum atomic E-state index is 6.30. The molecule has 5 nitrogen and oxygen atoms in total. The van der Waals surface area contributed by atoms with E-state index in [1.807, 2.05) is 0 Å². The molecule has 112 valence electrons. The summed E-state index contributed by atoms with van der Waals surface area (Å²) in [5.74, 6) is 2.24. The molecule has 2 aromatic rings. The average Bonchev–Trinajstić information content (AvgIpc) is 3.05. The van der Waals surface area contributed by atoms with E-state index in [0.29, 0.717) is 0 Å². The Hall–Kier alpha value is -1.62. The number of nitrogens with zero attached hydrogens (tertiary/aromatic N) is 4. The molecule has 0 saturated carbocycles. The van der Waals surface area contributed by atoms with Crippen LogP contribution >= 0.6 is 0 Å². The third kappa shape index (κ3) is 2.39. The molecule has 1 atom stereocenters. The molecule has 4 rings (SSSR count). The van der Waals surface area contributed by atoms with E-state index in [1.165, 1.54) is 36.8 Å². The van der Waals surface area contributed by atoms with E-state index >= 15 is 0 Å². The van der Waals surface area contributed by atoms with Gasteiger partial charge in [-0.15, -0.1) is 10.2 Å². The van der Waals surface area contributed by atoms with Crippen LogP contribution in [0.2, 0.25) is 0 Å². The van der Waals surface area contributed by atoms with Crippen molar-refractivity contribution in [3.63, 3.8) is 0 Å². The molecule has 0 fully saturated rings. The van der Waals surface area contributed by atoms with Crippen LogP contribution in [0.25, 0.3) is 0 Å². The molecule has 1 unspecified atom stereocenters. The summed E-state index contributed by atoms with van der Waals surface area (Å²) in [6.45, 7) is 1.88. The molecule has 3 heterocycles. The van der Waals surface area contributed by atoms with Gasteiger partial charge in [-0.3, -0.25) is 0 Å². The van der Waals surface area contributed by atoms with E-state index in [0.717, 1.165) is 44.0 Å². The van der Waals surface area contributed by atoms with Gasteiger partial charge in [0.25, 0.3) is 0 Å². The molecule has 0 amide bonds. The zero-order valence-electron chi connectivity index (χ0n) is 12.5. The second-order valence-electron chi connectivity index (χ2n) is 6.40. The summed E-state index contributed by atoms with van der Waals surface area (Å²) in [5, 5.41) is 8.74. The molecule has 2 N–H and O–H groups in total. The molecule has 2 aliphatic rings. The smallest absolute Gasteiger partial charge is 0.152 e. The fourth-order valence-electron chi connectivity index (χ4n) is 3.69.